The van der Waals surface area contributed by atoms with Crippen LogP contribution in [0.25, 0.3) is 0 Å². The van der Waals surface area contributed by atoms with Gasteiger partial charge in [0.05, 0.1) is 11.6 Å². The third kappa shape index (κ3) is 7.12. The molecule has 2 N–H and O–H groups in total. The molecule has 5 nitrogen and oxygen atoms in total. The lowest BCUT2D eigenvalue weighted by atomic mass is 10.1. The molecule has 0 spiro atoms. The van der Waals surface area contributed by atoms with E-state index in [0.29, 0.717) is 53.3 Å². The van der Waals surface area contributed by atoms with Gasteiger partial charge in [-0.3, -0.25) is 4.79 Å². The Bertz CT molecular complexity index is 1120. The first-order chi connectivity index (χ1) is 16.4. The van der Waals surface area contributed by atoms with E-state index >= 15 is 0 Å². The Morgan fingerprint density at radius 2 is 1.85 bits per heavy atom. The molecule has 3 aromatic rings. The Morgan fingerprint density at radius 1 is 1.06 bits per heavy atom. The molecule has 180 valence electrons. The molecule has 0 radical (unpaired) electrons. The highest BCUT2D eigenvalue weighted by atomic mass is 35.5. The summed E-state index contributed by atoms with van der Waals surface area (Å²) < 4.78 is 25.5. The molecule has 0 saturated carbocycles. The van der Waals surface area contributed by atoms with E-state index in [1.54, 1.807) is 30.3 Å². The van der Waals surface area contributed by atoms with E-state index in [0.717, 1.165) is 11.3 Å². The second-order valence-electron chi connectivity index (χ2n) is 8.26. The number of nitrogens with one attached hydrogen (secondary N) is 2. The Morgan fingerprint density at radius 3 is 2.59 bits per heavy atom. The van der Waals surface area contributed by atoms with E-state index in [4.69, 9.17) is 21.1 Å². The van der Waals surface area contributed by atoms with Gasteiger partial charge in [0.25, 0.3) is 5.91 Å². The largest absolute Gasteiger partial charge is 0.490 e. The minimum Gasteiger partial charge on any atom is -0.490 e. The third-order valence-corrected chi connectivity index (χ3v) is 5.27. The van der Waals surface area contributed by atoms with Crippen LogP contribution in [0.1, 0.15) is 42.3 Å². The molecule has 34 heavy (non-hydrogen) atoms. The molecule has 0 heterocycles. The van der Waals surface area contributed by atoms with Crippen molar-refractivity contribution in [1.82, 2.24) is 5.32 Å². The van der Waals surface area contributed by atoms with Crippen molar-refractivity contribution in [2.45, 2.75) is 33.9 Å². The fraction of sp³-hybridized carbons (Fsp3) is 0.296. The van der Waals surface area contributed by atoms with Gasteiger partial charge in [0, 0.05) is 29.9 Å². The van der Waals surface area contributed by atoms with Crippen LogP contribution in [0.3, 0.4) is 0 Å². The molecule has 1 amide bonds. The topological polar surface area (TPSA) is 59.6 Å². The zero-order valence-corrected chi connectivity index (χ0v) is 20.4. The first-order valence-electron chi connectivity index (χ1n) is 11.3. The Balaban J connectivity index is 1.70. The summed E-state index contributed by atoms with van der Waals surface area (Å²) in [5.41, 5.74) is 2.71. The minimum absolute atomic E-state index is 0.0374. The van der Waals surface area contributed by atoms with Gasteiger partial charge in [-0.1, -0.05) is 49.7 Å². The SMILES string of the molecule is CCOc1cc(CNc2cccc(C(=O)NCC(C)C)c2)cc(Cl)c1OCc1ccccc1F. The van der Waals surface area contributed by atoms with Gasteiger partial charge >= 0.3 is 0 Å². The first-order valence-corrected chi connectivity index (χ1v) is 11.7. The lowest BCUT2D eigenvalue weighted by Gasteiger charge is -2.16. The molecule has 0 unspecified atom stereocenters. The highest BCUT2D eigenvalue weighted by Crippen LogP contribution is 2.37. The van der Waals surface area contributed by atoms with Gasteiger partial charge in [-0.15, -0.1) is 0 Å². The van der Waals surface area contributed by atoms with Crippen molar-refractivity contribution < 1.29 is 18.7 Å². The highest BCUT2D eigenvalue weighted by Gasteiger charge is 2.14. The van der Waals surface area contributed by atoms with Gasteiger partial charge in [0.15, 0.2) is 11.5 Å². The van der Waals surface area contributed by atoms with Gasteiger partial charge in [0.2, 0.25) is 0 Å². The lowest BCUT2D eigenvalue weighted by molar-refractivity contribution is 0.0949. The van der Waals surface area contributed by atoms with Crippen molar-refractivity contribution in [2.75, 3.05) is 18.5 Å². The van der Waals surface area contributed by atoms with Crippen LogP contribution in [0, 0.1) is 11.7 Å². The summed E-state index contributed by atoms with van der Waals surface area (Å²) in [6, 6.07) is 17.4. The number of ether oxygens (including phenoxy) is 2. The number of hydrogen-bond donors (Lipinski definition) is 2. The number of halogens is 2. The summed E-state index contributed by atoms with van der Waals surface area (Å²) in [5, 5.41) is 6.62. The second-order valence-corrected chi connectivity index (χ2v) is 8.66. The van der Waals surface area contributed by atoms with Crippen LogP contribution < -0.4 is 20.1 Å². The molecule has 0 bridgehead atoms. The molecule has 0 aromatic heterocycles. The Kier molecular flexibility index (Phi) is 9.16. The standard InChI is InChI=1S/C27H30ClFN2O3/c1-4-33-25-13-19(12-23(28)26(25)34-17-21-8-5-6-11-24(21)29)16-30-22-10-7-9-20(14-22)27(32)31-15-18(2)3/h5-14,18,30H,4,15-17H2,1-3H3,(H,31,32). The van der Waals surface area contributed by atoms with E-state index in [2.05, 4.69) is 24.5 Å². The van der Waals surface area contributed by atoms with E-state index in [9.17, 15) is 9.18 Å². The third-order valence-electron chi connectivity index (χ3n) is 4.99. The Hall–Kier alpha value is -3.25. The smallest absolute Gasteiger partial charge is 0.251 e. The zero-order chi connectivity index (χ0) is 24.5. The van der Waals surface area contributed by atoms with Crippen LogP contribution in [0.4, 0.5) is 10.1 Å². The van der Waals surface area contributed by atoms with Crippen molar-refractivity contribution in [2.24, 2.45) is 5.92 Å². The van der Waals surface area contributed by atoms with E-state index in [1.165, 1.54) is 6.07 Å². The molecular formula is C27H30ClFN2O3. The number of benzene rings is 3. The fourth-order valence-electron chi connectivity index (χ4n) is 3.27. The highest BCUT2D eigenvalue weighted by molar-refractivity contribution is 6.32. The predicted molar refractivity (Wildman–Crippen MR) is 134 cm³/mol. The van der Waals surface area contributed by atoms with Crippen molar-refractivity contribution in [1.29, 1.82) is 0 Å². The van der Waals surface area contributed by atoms with Crippen molar-refractivity contribution in [3.05, 3.63) is 88.2 Å². The zero-order valence-electron chi connectivity index (χ0n) is 19.7. The van der Waals surface area contributed by atoms with Crippen LogP contribution in [-0.4, -0.2) is 19.1 Å². The van der Waals surface area contributed by atoms with Crippen LogP contribution >= 0.6 is 11.6 Å². The maximum atomic E-state index is 13.9. The van der Waals surface area contributed by atoms with Crippen molar-refractivity contribution in [3.63, 3.8) is 0 Å². The van der Waals surface area contributed by atoms with E-state index in [1.807, 2.05) is 31.2 Å². The predicted octanol–water partition coefficient (Wildman–Crippen LogP) is 6.45. The van der Waals surface area contributed by atoms with Crippen LogP contribution in [-0.2, 0) is 13.2 Å². The average Bonchev–Trinajstić information content (AvgIpc) is 2.82. The summed E-state index contributed by atoms with van der Waals surface area (Å²) in [7, 11) is 0. The van der Waals surface area contributed by atoms with Crippen molar-refractivity contribution >= 4 is 23.2 Å². The van der Waals surface area contributed by atoms with E-state index < -0.39 is 0 Å². The summed E-state index contributed by atoms with van der Waals surface area (Å²) in [5.74, 6) is 0.811. The second kappa shape index (κ2) is 12.3. The maximum Gasteiger partial charge on any atom is 0.251 e. The van der Waals surface area contributed by atoms with Gasteiger partial charge < -0.3 is 20.1 Å². The summed E-state index contributed by atoms with van der Waals surface area (Å²) in [4.78, 5) is 12.3. The minimum atomic E-state index is -0.336. The number of carbonyl (C=O) groups excluding carboxylic acids is 1. The summed E-state index contributed by atoms with van der Waals surface area (Å²) >= 11 is 6.51. The molecule has 0 aliphatic heterocycles. The van der Waals surface area contributed by atoms with Crippen LogP contribution in [0.2, 0.25) is 5.02 Å². The maximum absolute atomic E-state index is 13.9. The monoisotopic (exact) mass is 484 g/mol. The molecule has 3 rings (SSSR count). The summed E-state index contributed by atoms with van der Waals surface area (Å²) in [6.07, 6.45) is 0. The van der Waals surface area contributed by atoms with E-state index in [-0.39, 0.29) is 18.3 Å². The van der Waals surface area contributed by atoms with Crippen LogP contribution in [0.5, 0.6) is 11.5 Å². The average molecular weight is 485 g/mol. The molecule has 0 saturated heterocycles. The molecule has 0 fully saturated rings. The quantitative estimate of drug-likeness (QED) is 0.328. The number of anilines is 1. The van der Waals surface area contributed by atoms with Crippen molar-refractivity contribution in [3.8, 4) is 11.5 Å². The molecular weight excluding hydrogens is 455 g/mol. The summed E-state index contributed by atoms with van der Waals surface area (Å²) in [6.45, 7) is 7.53. The first kappa shape index (κ1) is 25.4. The number of amides is 1. The van der Waals surface area contributed by atoms with Crippen LogP contribution in [0.15, 0.2) is 60.7 Å². The number of hydrogen-bond acceptors (Lipinski definition) is 4. The molecule has 0 atom stereocenters. The molecule has 0 aliphatic carbocycles. The number of carbonyl (C=O) groups is 1. The molecule has 7 heteroatoms. The van der Waals surface area contributed by atoms with Gasteiger partial charge in [-0.25, -0.2) is 4.39 Å². The normalized spacial score (nSPS) is 10.8. The van der Waals surface area contributed by atoms with Gasteiger partial charge in [0.1, 0.15) is 12.4 Å². The molecule has 3 aromatic carbocycles. The van der Waals surface area contributed by atoms with Gasteiger partial charge in [-0.05, 0) is 54.8 Å². The fourth-order valence-corrected chi connectivity index (χ4v) is 3.55. The Labute approximate surface area is 205 Å². The lowest BCUT2D eigenvalue weighted by Crippen LogP contribution is -2.27. The molecule has 0 aliphatic rings. The van der Waals surface area contributed by atoms with Gasteiger partial charge in [-0.2, -0.15) is 0 Å². The number of rotatable bonds is 11.